The van der Waals surface area contributed by atoms with Gasteiger partial charge in [-0.25, -0.2) is 0 Å². The van der Waals surface area contributed by atoms with Crippen molar-refractivity contribution in [1.29, 1.82) is 0 Å². The fourth-order valence-corrected chi connectivity index (χ4v) is 0.983. The molecule has 1 unspecified atom stereocenters. The summed E-state index contributed by atoms with van der Waals surface area (Å²) in [6.07, 6.45) is -2.07. The Morgan fingerprint density at radius 1 is 1.47 bits per heavy atom. The lowest BCUT2D eigenvalue weighted by Crippen LogP contribution is -2.11. The lowest BCUT2D eigenvalue weighted by Gasteiger charge is -2.05. The van der Waals surface area contributed by atoms with E-state index in [1.54, 1.807) is 0 Å². The third-order valence-corrected chi connectivity index (χ3v) is 1.62. The van der Waals surface area contributed by atoms with Gasteiger partial charge in [-0.05, 0) is 5.56 Å². The molecule has 0 spiro atoms. The van der Waals surface area contributed by atoms with E-state index in [0.717, 1.165) is 12.1 Å². The first kappa shape index (κ1) is 8.30. The van der Waals surface area contributed by atoms with Gasteiger partial charge in [-0.3, -0.25) is 20.2 Å². The molecule has 0 fully saturated rings. The lowest BCUT2D eigenvalue weighted by atomic mass is 10.1. The number of nitrogens with zero attached hydrogens (tertiary/aromatic N) is 2. The third-order valence-electron chi connectivity index (χ3n) is 1.62. The van der Waals surface area contributed by atoms with Crippen LogP contribution >= 0.6 is 0 Å². The van der Waals surface area contributed by atoms with Gasteiger partial charge in [0.1, 0.15) is 8.85 Å². The van der Waals surface area contributed by atoms with E-state index in [1.807, 2.05) is 0 Å². The summed E-state index contributed by atoms with van der Waals surface area (Å²) in [5, 5.41) is 30.3. The molecule has 0 amide bonds. The number of hydrogen-bond acceptors (Lipinski definition) is 5. The fraction of sp³-hybridized carbons (Fsp3) is 0.250. The maximum atomic E-state index is 10.5. The number of aliphatic hydroxyl groups is 1. The molecule has 1 N–H and O–H groups in total. The molecule has 0 radical (unpaired) electrons. The van der Waals surface area contributed by atoms with Crippen LogP contribution in [0.5, 0.6) is 0 Å². The van der Waals surface area contributed by atoms with Crippen LogP contribution < -0.4 is 0 Å². The Bertz CT molecular complexity index is 465. The Balaban J connectivity index is 3.13. The van der Waals surface area contributed by atoms with E-state index >= 15 is 0 Å². The zero-order valence-corrected chi connectivity index (χ0v) is 7.36. The van der Waals surface area contributed by atoms with Gasteiger partial charge in [0.25, 0.3) is 5.69 Å². The van der Waals surface area contributed by atoms with Crippen LogP contribution in [0.4, 0.5) is 5.69 Å². The van der Waals surface area contributed by atoms with Crippen molar-refractivity contribution in [3.63, 3.8) is 0 Å². The Kier molecular flexibility index (Phi) is 2.47. The van der Waals surface area contributed by atoms with Crippen LogP contribution in [0, 0.1) is 20.2 Å². The first-order valence-corrected chi connectivity index (χ1v) is 3.83. The molecule has 1 rings (SSSR count). The number of benzene rings is 1. The van der Waals surface area contributed by atoms with E-state index < -0.39 is 22.4 Å². The van der Waals surface area contributed by atoms with Crippen LogP contribution in [0.2, 0.25) is 0 Å². The van der Waals surface area contributed by atoms with Crippen molar-refractivity contribution in [3.05, 3.63) is 50.1 Å². The predicted molar refractivity (Wildman–Crippen MR) is 49.9 cm³/mol. The zero-order chi connectivity index (χ0) is 13.2. The maximum absolute atomic E-state index is 10.5. The number of nitro groups is 2. The van der Waals surface area contributed by atoms with Crippen molar-refractivity contribution < 1.29 is 17.7 Å². The summed E-state index contributed by atoms with van der Waals surface area (Å²) in [7, 11) is 0. The molecule has 0 aliphatic carbocycles. The molecule has 0 aromatic heterocycles. The van der Waals surface area contributed by atoms with E-state index in [2.05, 4.69) is 0 Å². The molecule has 7 nitrogen and oxygen atoms in total. The van der Waals surface area contributed by atoms with E-state index in [9.17, 15) is 25.3 Å². The van der Waals surface area contributed by atoms with E-state index in [-0.39, 0.29) is 11.3 Å². The van der Waals surface area contributed by atoms with Crippen molar-refractivity contribution in [3.8, 4) is 0 Å². The summed E-state index contributed by atoms with van der Waals surface area (Å²) < 4.78 is 14.1. The van der Waals surface area contributed by atoms with Gasteiger partial charge < -0.3 is 5.11 Å². The van der Waals surface area contributed by atoms with Crippen molar-refractivity contribution >= 4 is 5.69 Å². The average Bonchev–Trinajstić information content (AvgIpc) is 2.27. The van der Waals surface area contributed by atoms with Crippen molar-refractivity contribution in [1.82, 2.24) is 0 Å². The van der Waals surface area contributed by atoms with Crippen LogP contribution in [0.1, 0.15) is 14.4 Å². The SMILES string of the molecule is [2H]C([2H])(C(O)c1cccc([N+](=O)[O-])c1)[N+](=O)[O-]. The average molecular weight is 214 g/mol. The molecule has 0 saturated carbocycles. The van der Waals surface area contributed by atoms with Crippen LogP contribution in [-0.2, 0) is 0 Å². The molecule has 15 heavy (non-hydrogen) atoms. The first-order chi connectivity index (χ1) is 7.76. The minimum atomic E-state index is -3.10. The van der Waals surface area contributed by atoms with Crippen molar-refractivity contribution in [2.45, 2.75) is 6.10 Å². The highest BCUT2D eigenvalue weighted by Crippen LogP contribution is 2.19. The highest BCUT2D eigenvalue weighted by molar-refractivity contribution is 5.35. The summed E-state index contributed by atoms with van der Waals surface area (Å²) in [4.78, 5) is 18.8. The Morgan fingerprint density at radius 2 is 2.13 bits per heavy atom. The first-order valence-electron chi connectivity index (χ1n) is 4.83. The summed E-state index contributed by atoms with van der Waals surface area (Å²) in [6, 6.07) is 4.43. The van der Waals surface area contributed by atoms with Gasteiger partial charge >= 0.3 is 0 Å². The number of hydrogen-bond donors (Lipinski definition) is 1. The topological polar surface area (TPSA) is 107 Å². The second-order valence-electron chi connectivity index (χ2n) is 2.64. The Labute approximate surface area is 87.1 Å². The zero-order valence-electron chi connectivity index (χ0n) is 9.36. The van der Waals surface area contributed by atoms with Gasteiger partial charge in [-0.2, -0.15) is 0 Å². The molecule has 0 bridgehead atoms. The molecule has 7 heteroatoms. The number of non-ortho nitro benzene ring substituents is 1. The Hall–Kier alpha value is -2.02. The second-order valence-corrected chi connectivity index (χ2v) is 2.64. The van der Waals surface area contributed by atoms with Crippen molar-refractivity contribution in [2.75, 3.05) is 6.50 Å². The molecule has 1 atom stereocenters. The van der Waals surface area contributed by atoms with Gasteiger partial charge in [-0.1, -0.05) is 12.1 Å². The van der Waals surface area contributed by atoms with E-state index in [4.69, 9.17) is 2.74 Å². The molecule has 0 aliphatic heterocycles. The second kappa shape index (κ2) is 4.47. The molecular weight excluding hydrogens is 204 g/mol. The highest BCUT2D eigenvalue weighted by atomic mass is 16.6. The number of nitro benzene ring substituents is 1. The molecule has 80 valence electrons. The molecule has 0 saturated heterocycles. The summed E-state index contributed by atoms with van der Waals surface area (Å²) >= 11 is 0. The van der Waals surface area contributed by atoms with Crippen LogP contribution in [0.15, 0.2) is 24.3 Å². The summed E-state index contributed by atoms with van der Waals surface area (Å²) in [6.45, 7) is -3.10. The van der Waals surface area contributed by atoms with Gasteiger partial charge in [-0.15, -0.1) is 0 Å². The number of aliphatic hydroxyl groups excluding tert-OH is 1. The molecule has 1 aromatic rings. The minimum Gasteiger partial charge on any atom is -0.382 e. The molecule has 1 aromatic carbocycles. The molecule has 0 heterocycles. The quantitative estimate of drug-likeness (QED) is 0.592. The largest absolute Gasteiger partial charge is 0.382 e. The minimum absolute atomic E-state index is 0.221. The third kappa shape index (κ3) is 2.99. The van der Waals surface area contributed by atoms with Gasteiger partial charge in [0.15, 0.2) is 0 Å². The van der Waals surface area contributed by atoms with Gasteiger partial charge in [0.2, 0.25) is 6.50 Å². The van der Waals surface area contributed by atoms with Crippen LogP contribution in [0.3, 0.4) is 0 Å². The number of rotatable bonds is 4. The highest BCUT2D eigenvalue weighted by Gasteiger charge is 2.16. The van der Waals surface area contributed by atoms with Gasteiger partial charge in [0.05, 0.1) is 4.92 Å². The van der Waals surface area contributed by atoms with E-state index in [1.165, 1.54) is 12.1 Å². The normalized spacial score (nSPS) is 15.0. The van der Waals surface area contributed by atoms with Crippen molar-refractivity contribution in [2.24, 2.45) is 0 Å². The smallest absolute Gasteiger partial charge is 0.269 e. The van der Waals surface area contributed by atoms with Gasteiger partial charge in [0, 0.05) is 17.1 Å². The van der Waals surface area contributed by atoms with E-state index in [0.29, 0.717) is 0 Å². The summed E-state index contributed by atoms with van der Waals surface area (Å²) in [5.41, 5.74) is -0.596. The molecule has 0 aliphatic rings. The van der Waals surface area contributed by atoms with Crippen LogP contribution in [-0.4, -0.2) is 21.5 Å². The predicted octanol–water partition coefficient (Wildman–Crippen LogP) is 0.905. The Morgan fingerprint density at radius 3 is 2.67 bits per heavy atom. The molecular formula is C8H8N2O5. The summed E-state index contributed by atoms with van der Waals surface area (Å²) in [5.74, 6) is 0. The fourth-order valence-electron chi connectivity index (χ4n) is 0.983. The lowest BCUT2D eigenvalue weighted by molar-refractivity contribution is -0.491. The maximum Gasteiger partial charge on any atom is 0.269 e. The monoisotopic (exact) mass is 214 g/mol. The van der Waals surface area contributed by atoms with Crippen LogP contribution in [0.25, 0.3) is 0 Å². The standard InChI is InChI=1S/C8H8N2O5/c11-8(5-9(12)13)6-2-1-3-7(4-6)10(14)15/h1-4,8,11H,5H2/i5D2.